The molecule has 7 nitrogen and oxygen atoms in total. The molecule has 0 bridgehead atoms. The van der Waals surface area contributed by atoms with Gasteiger partial charge in [-0.1, -0.05) is 33.8 Å². The van der Waals surface area contributed by atoms with Crippen molar-refractivity contribution in [2.75, 3.05) is 0 Å². The van der Waals surface area contributed by atoms with E-state index in [-0.39, 0.29) is 23.5 Å². The zero-order valence-corrected chi connectivity index (χ0v) is 17.0. The predicted octanol–water partition coefficient (Wildman–Crippen LogP) is 1.51. The highest BCUT2D eigenvalue weighted by molar-refractivity contribution is 5.94. The van der Waals surface area contributed by atoms with E-state index in [4.69, 9.17) is 10.5 Å². The number of rotatable bonds is 11. The summed E-state index contributed by atoms with van der Waals surface area (Å²) in [6, 6.07) is -2.16. The molecule has 0 aliphatic rings. The summed E-state index contributed by atoms with van der Waals surface area (Å²) in [6.45, 7) is 12.6. The minimum Gasteiger partial charge on any atom is -0.491 e. The van der Waals surface area contributed by atoms with Crippen LogP contribution in [0.15, 0.2) is 12.3 Å². The molecule has 0 aliphatic heterocycles. The van der Waals surface area contributed by atoms with Crippen LogP contribution in [0, 0.1) is 11.8 Å². The van der Waals surface area contributed by atoms with Crippen LogP contribution in [0.1, 0.15) is 54.9 Å². The van der Waals surface area contributed by atoms with Gasteiger partial charge in [0.2, 0.25) is 11.8 Å². The molecule has 150 valence electrons. The average Bonchev–Trinajstić information content (AvgIpc) is 2.56. The molecular weight excluding hydrogens is 334 g/mol. The molecule has 0 aromatic carbocycles. The Bertz CT molecular complexity index is 503. The van der Waals surface area contributed by atoms with Gasteiger partial charge < -0.3 is 21.1 Å². The summed E-state index contributed by atoms with van der Waals surface area (Å²) in [6.07, 6.45) is 2.96. The van der Waals surface area contributed by atoms with E-state index in [1.807, 2.05) is 27.7 Å². The van der Waals surface area contributed by atoms with E-state index in [0.717, 1.165) is 0 Å². The number of carbonyl (C=O) groups excluding carboxylic acids is 3. The van der Waals surface area contributed by atoms with Crippen molar-refractivity contribution in [3.05, 3.63) is 12.3 Å². The van der Waals surface area contributed by atoms with E-state index < -0.39 is 30.1 Å². The third kappa shape index (κ3) is 8.47. The van der Waals surface area contributed by atoms with Gasteiger partial charge in [0.1, 0.15) is 6.04 Å². The van der Waals surface area contributed by atoms with Crippen molar-refractivity contribution in [1.82, 2.24) is 10.6 Å². The lowest BCUT2D eigenvalue weighted by Crippen LogP contribution is -2.55. The van der Waals surface area contributed by atoms with Crippen LogP contribution < -0.4 is 16.4 Å². The number of nitrogens with one attached hydrogen (secondary N) is 2. The normalized spacial score (nSPS) is 16.2. The van der Waals surface area contributed by atoms with E-state index in [2.05, 4.69) is 10.6 Å². The van der Waals surface area contributed by atoms with Crippen molar-refractivity contribution in [1.29, 1.82) is 0 Å². The van der Waals surface area contributed by atoms with Crippen LogP contribution in [-0.4, -0.2) is 41.8 Å². The van der Waals surface area contributed by atoms with Crippen molar-refractivity contribution in [2.24, 2.45) is 17.6 Å². The molecule has 0 aliphatic carbocycles. The largest absolute Gasteiger partial charge is 0.491 e. The summed E-state index contributed by atoms with van der Waals surface area (Å²) >= 11 is 0. The summed E-state index contributed by atoms with van der Waals surface area (Å²) < 4.78 is 5.31. The highest BCUT2D eigenvalue weighted by Gasteiger charge is 2.29. The van der Waals surface area contributed by atoms with Crippen LogP contribution >= 0.6 is 0 Å². The van der Waals surface area contributed by atoms with E-state index in [9.17, 15) is 14.4 Å². The minimum atomic E-state index is -0.790. The second-order valence-electron chi connectivity index (χ2n) is 7.34. The maximum Gasteiger partial charge on any atom is 0.242 e. The lowest BCUT2D eigenvalue weighted by atomic mass is 9.97. The van der Waals surface area contributed by atoms with Gasteiger partial charge in [0.25, 0.3) is 0 Å². The standard InChI is InChI=1S/C19H35N3O4/c1-8-9-26-14(7)17(23)15(10-11(2)3)22-18(24)13(6)21-19(25)16(20)12(4)5/h8-9,11-16H,10,20H2,1-7H3,(H,21,25)(H,22,24). The molecule has 2 amide bonds. The fourth-order valence-electron chi connectivity index (χ4n) is 2.24. The summed E-state index contributed by atoms with van der Waals surface area (Å²) in [5.41, 5.74) is 5.79. The van der Waals surface area contributed by atoms with Gasteiger partial charge in [-0.05, 0) is 39.0 Å². The van der Waals surface area contributed by atoms with Gasteiger partial charge in [-0.15, -0.1) is 0 Å². The molecule has 7 heteroatoms. The van der Waals surface area contributed by atoms with Crippen LogP contribution in [0.2, 0.25) is 0 Å². The van der Waals surface area contributed by atoms with Crippen LogP contribution in [0.25, 0.3) is 0 Å². The number of hydrogen-bond donors (Lipinski definition) is 3. The number of ketones is 1. The lowest BCUT2D eigenvalue weighted by Gasteiger charge is -2.25. The van der Waals surface area contributed by atoms with Crippen molar-refractivity contribution in [2.45, 2.75) is 79.1 Å². The van der Waals surface area contributed by atoms with Gasteiger partial charge in [0, 0.05) is 0 Å². The SMILES string of the molecule is CC=COC(C)C(=O)C(CC(C)C)NC(=O)C(C)NC(=O)C(N)C(C)C. The molecule has 0 aromatic rings. The van der Waals surface area contributed by atoms with Gasteiger partial charge in [0.15, 0.2) is 11.9 Å². The number of ether oxygens (including phenoxy) is 1. The molecule has 0 radical (unpaired) electrons. The molecule has 26 heavy (non-hydrogen) atoms. The van der Waals surface area contributed by atoms with Crippen LogP contribution in [0.5, 0.6) is 0 Å². The number of Topliss-reactive ketones (excluding diaryl/α,β-unsaturated/α-hetero) is 1. The summed E-state index contributed by atoms with van der Waals surface area (Å²) in [4.78, 5) is 37.0. The smallest absolute Gasteiger partial charge is 0.242 e. The average molecular weight is 370 g/mol. The van der Waals surface area contributed by atoms with Crippen LogP contribution in [-0.2, 0) is 19.1 Å². The molecule has 0 saturated heterocycles. The maximum absolute atomic E-state index is 12.6. The first-order valence-corrected chi connectivity index (χ1v) is 9.17. The molecular formula is C19H35N3O4. The Hall–Kier alpha value is -1.89. The Morgan fingerprint density at radius 3 is 2.04 bits per heavy atom. The maximum atomic E-state index is 12.6. The van der Waals surface area contributed by atoms with Crippen LogP contribution in [0.3, 0.4) is 0 Å². The lowest BCUT2D eigenvalue weighted by molar-refractivity contribution is -0.134. The predicted molar refractivity (Wildman–Crippen MR) is 102 cm³/mol. The number of nitrogens with two attached hydrogens (primary N) is 1. The molecule has 0 aromatic heterocycles. The number of allylic oxidation sites excluding steroid dienone is 1. The summed E-state index contributed by atoms with van der Waals surface area (Å²) in [7, 11) is 0. The van der Waals surface area contributed by atoms with Gasteiger partial charge in [0.05, 0.1) is 18.3 Å². The van der Waals surface area contributed by atoms with E-state index in [1.165, 1.54) is 6.26 Å². The zero-order valence-electron chi connectivity index (χ0n) is 17.0. The van der Waals surface area contributed by atoms with E-state index in [1.54, 1.807) is 26.8 Å². The van der Waals surface area contributed by atoms with Crippen molar-refractivity contribution in [3.8, 4) is 0 Å². The van der Waals surface area contributed by atoms with Crippen molar-refractivity contribution < 1.29 is 19.1 Å². The Morgan fingerprint density at radius 2 is 1.58 bits per heavy atom. The first-order valence-electron chi connectivity index (χ1n) is 9.17. The molecule has 4 N–H and O–H groups in total. The fourth-order valence-corrected chi connectivity index (χ4v) is 2.24. The molecule has 0 rings (SSSR count). The van der Waals surface area contributed by atoms with Gasteiger partial charge >= 0.3 is 0 Å². The highest BCUT2D eigenvalue weighted by Crippen LogP contribution is 2.10. The summed E-state index contributed by atoms with van der Waals surface area (Å²) in [5, 5.41) is 5.32. The number of carbonyl (C=O) groups is 3. The van der Waals surface area contributed by atoms with Crippen molar-refractivity contribution >= 4 is 17.6 Å². The molecule has 0 spiro atoms. The Morgan fingerprint density at radius 1 is 1.00 bits per heavy atom. The Labute approximate surface area is 157 Å². The second kappa shape index (κ2) is 11.7. The number of hydrogen-bond acceptors (Lipinski definition) is 5. The summed E-state index contributed by atoms with van der Waals surface area (Å²) in [5.74, 6) is -0.851. The van der Waals surface area contributed by atoms with Gasteiger partial charge in [-0.2, -0.15) is 0 Å². The molecule has 0 saturated carbocycles. The van der Waals surface area contributed by atoms with Crippen LogP contribution in [0.4, 0.5) is 0 Å². The third-order valence-electron chi connectivity index (χ3n) is 3.96. The molecule has 0 fully saturated rings. The zero-order chi connectivity index (χ0) is 20.4. The molecule has 4 atom stereocenters. The molecule has 0 heterocycles. The fraction of sp³-hybridized carbons (Fsp3) is 0.737. The van der Waals surface area contributed by atoms with Gasteiger partial charge in [-0.25, -0.2) is 0 Å². The highest BCUT2D eigenvalue weighted by atomic mass is 16.5. The quantitative estimate of drug-likeness (QED) is 0.478. The van der Waals surface area contributed by atoms with Gasteiger partial charge in [-0.3, -0.25) is 14.4 Å². The third-order valence-corrected chi connectivity index (χ3v) is 3.96. The van der Waals surface area contributed by atoms with Crippen molar-refractivity contribution in [3.63, 3.8) is 0 Å². The second-order valence-corrected chi connectivity index (χ2v) is 7.34. The topological polar surface area (TPSA) is 111 Å². The minimum absolute atomic E-state index is 0.0369. The Balaban J connectivity index is 4.96. The number of amides is 2. The first-order chi connectivity index (χ1) is 12.0. The van der Waals surface area contributed by atoms with E-state index in [0.29, 0.717) is 6.42 Å². The Kier molecular flexibility index (Phi) is 10.8. The monoisotopic (exact) mass is 369 g/mol. The van der Waals surface area contributed by atoms with E-state index >= 15 is 0 Å². The molecule has 4 unspecified atom stereocenters. The first kappa shape index (κ1) is 24.1.